The monoisotopic (exact) mass is 793 g/mol. The van der Waals surface area contributed by atoms with Crippen LogP contribution in [0.1, 0.15) is 16.7 Å². The summed E-state index contributed by atoms with van der Waals surface area (Å²) >= 11 is 0. The van der Waals surface area contributed by atoms with Gasteiger partial charge in [0.1, 0.15) is 11.9 Å². The molecule has 3 aromatic heterocycles. The van der Waals surface area contributed by atoms with Gasteiger partial charge in [-0.1, -0.05) is 170 Å². The van der Waals surface area contributed by atoms with Gasteiger partial charge in [-0.25, -0.2) is 4.98 Å². The van der Waals surface area contributed by atoms with Crippen LogP contribution in [0.3, 0.4) is 0 Å². The Labute approximate surface area is 361 Å². The van der Waals surface area contributed by atoms with Crippen LogP contribution in [0, 0.1) is 5.92 Å². The van der Waals surface area contributed by atoms with Crippen LogP contribution in [-0.4, -0.2) is 21.1 Å². The zero-order valence-electron chi connectivity index (χ0n) is 33.8. The molecule has 9 aromatic rings. The maximum Gasteiger partial charge on any atom is 0.125 e. The second-order valence-electron chi connectivity index (χ2n) is 16.3. The summed E-state index contributed by atoms with van der Waals surface area (Å²) in [6, 6.07) is 67.0. The molecule has 62 heavy (non-hydrogen) atoms. The lowest BCUT2D eigenvalue weighted by Crippen LogP contribution is -2.47. The van der Waals surface area contributed by atoms with Gasteiger partial charge < -0.3 is 4.74 Å². The van der Waals surface area contributed by atoms with Gasteiger partial charge in [0.25, 0.3) is 0 Å². The molecule has 2 aliphatic carbocycles. The average molecular weight is 794 g/mol. The zero-order chi connectivity index (χ0) is 41.0. The molecule has 0 saturated carbocycles. The van der Waals surface area contributed by atoms with Crippen molar-refractivity contribution in [3.63, 3.8) is 0 Å². The number of nitrogens with zero attached hydrogens (tertiary/aromatic N) is 3. The summed E-state index contributed by atoms with van der Waals surface area (Å²) < 4.78 is 6.88. The minimum atomic E-state index is -0.338. The van der Waals surface area contributed by atoms with E-state index in [0.717, 1.165) is 73.0 Å². The lowest BCUT2D eigenvalue weighted by molar-refractivity contribution is 0.141. The molecular formula is C58H39N3O. The van der Waals surface area contributed by atoms with Crippen molar-refractivity contribution in [1.29, 1.82) is 0 Å². The van der Waals surface area contributed by atoms with Crippen LogP contribution in [0.5, 0.6) is 5.75 Å². The second kappa shape index (κ2) is 14.6. The molecule has 4 heteroatoms. The molecule has 0 radical (unpaired) electrons. The standard InChI is InChI=1S/C58H39N3O/c1-2-12-38(13-3-1)45-34-54(52-19-10-11-33-59-52)61-55(35-45)53-32-30-44(37-60-53)42-27-23-40(24-28-42)39-21-25-41(26-22-39)43-29-31-51-57(36-43)62-56-20-9-8-18-50(56)58(51)48-16-6-4-14-46(48)47-15-5-7-17-49(47)58/h1-37,50,56H. The van der Waals surface area contributed by atoms with Crippen LogP contribution < -0.4 is 4.74 Å². The Bertz CT molecular complexity index is 3090. The number of benzene rings is 6. The Kier molecular flexibility index (Phi) is 8.49. The number of rotatable bonds is 6. The Morgan fingerprint density at radius 3 is 1.58 bits per heavy atom. The number of pyridine rings is 3. The van der Waals surface area contributed by atoms with E-state index in [1.807, 2.05) is 30.5 Å². The van der Waals surface area contributed by atoms with Crippen LogP contribution in [-0.2, 0) is 5.41 Å². The smallest absolute Gasteiger partial charge is 0.125 e. The molecule has 1 spiro atoms. The summed E-state index contributed by atoms with van der Waals surface area (Å²) in [5.41, 5.74) is 18.5. The molecule has 0 saturated heterocycles. The highest BCUT2D eigenvalue weighted by molar-refractivity contribution is 5.86. The maximum absolute atomic E-state index is 6.88. The van der Waals surface area contributed by atoms with E-state index < -0.39 is 0 Å². The molecule has 0 amide bonds. The van der Waals surface area contributed by atoms with E-state index >= 15 is 0 Å². The quantitative estimate of drug-likeness (QED) is 0.168. The van der Waals surface area contributed by atoms with Gasteiger partial charge in [0.15, 0.2) is 0 Å². The summed E-state index contributed by atoms with van der Waals surface area (Å²) in [4.78, 5) is 14.5. The van der Waals surface area contributed by atoms with Gasteiger partial charge in [-0.3, -0.25) is 9.97 Å². The van der Waals surface area contributed by atoms with Crippen molar-refractivity contribution in [3.8, 4) is 84.2 Å². The van der Waals surface area contributed by atoms with E-state index in [9.17, 15) is 0 Å². The predicted molar refractivity (Wildman–Crippen MR) is 250 cm³/mol. The maximum atomic E-state index is 6.88. The van der Waals surface area contributed by atoms with E-state index in [4.69, 9.17) is 14.7 Å². The van der Waals surface area contributed by atoms with E-state index in [-0.39, 0.29) is 17.4 Å². The molecule has 3 aliphatic rings. The highest BCUT2D eigenvalue weighted by Gasteiger charge is 2.55. The van der Waals surface area contributed by atoms with Gasteiger partial charge in [0.05, 0.1) is 28.2 Å². The molecule has 292 valence electrons. The third-order valence-electron chi connectivity index (χ3n) is 12.9. The second-order valence-corrected chi connectivity index (χ2v) is 16.3. The molecule has 4 heterocycles. The van der Waals surface area contributed by atoms with Gasteiger partial charge in [0.2, 0.25) is 0 Å². The van der Waals surface area contributed by atoms with Crippen LogP contribution in [0.25, 0.3) is 78.4 Å². The molecule has 6 aromatic carbocycles. The lowest BCUT2D eigenvalue weighted by atomic mass is 9.60. The van der Waals surface area contributed by atoms with Gasteiger partial charge in [-0.2, -0.15) is 0 Å². The Morgan fingerprint density at radius 2 is 0.935 bits per heavy atom. The molecule has 2 atom stereocenters. The van der Waals surface area contributed by atoms with Crippen LogP contribution in [0.4, 0.5) is 0 Å². The molecule has 2 unspecified atom stereocenters. The minimum absolute atomic E-state index is 0.0686. The summed E-state index contributed by atoms with van der Waals surface area (Å²) in [6.07, 6.45) is 12.5. The molecule has 12 rings (SSSR count). The molecule has 0 N–H and O–H groups in total. The third-order valence-corrected chi connectivity index (χ3v) is 12.9. The highest BCUT2D eigenvalue weighted by atomic mass is 16.5. The minimum Gasteiger partial charge on any atom is -0.485 e. The van der Waals surface area contributed by atoms with Crippen molar-refractivity contribution >= 4 is 0 Å². The summed E-state index contributed by atoms with van der Waals surface area (Å²) in [7, 11) is 0. The van der Waals surface area contributed by atoms with Crippen molar-refractivity contribution in [2.24, 2.45) is 5.92 Å². The average Bonchev–Trinajstić information content (AvgIpc) is 3.65. The molecule has 0 fully saturated rings. The van der Waals surface area contributed by atoms with Gasteiger partial charge in [-0.05, 0) is 104 Å². The van der Waals surface area contributed by atoms with E-state index in [2.05, 4.69) is 193 Å². The zero-order valence-corrected chi connectivity index (χ0v) is 33.8. The van der Waals surface area contributed by atoms with Crippen molar-refractivity contribution in [2.75, 3.05) is 0 Å². The molecule has 0 bridgehead atoms. The van der Waals surface area contributed by atoms with E-state index in [1.165, 1.54) is 27.8 Å². The van der Waals surface area contributed by atoms with Crippen molar-refractivity contribution in [3.05, 3.63) is 241 Å². The van der Waals surface area contributed by atoms with Crippen molar-refractivity contribution in [1.82, 2.24) is 15.0 Å². The summed E-state index contributed by atoms with van der Waals surface area (Å²) in [5.74, 6) is 1.09. The summed E-state index contributed by atoms with van der Waals surface area (Å²) in [5, 5.41) is 0. The Balaban J connectivity index is 0.816. The first-order valence-corrected chi connectivity index (χ1v) is 21.2. The first-order chi connectivity index (χ1) is 30.7. The van der Waals surface area contributed by atoms with Crippen molar-refractivity contribution < 1.29 is 4.74 Å². The van der Waals surface area contributed by atoms with Crippen LogP contribution in [0.15, 0.2) is 225 Å². The van der Waals surface area contributed by atoms with Crippen LogP contribution >= 0.6 is 0 Å². The topological polar surface area (TPSA) is 47.9 Å². The van der Waals surface area contributed by atoms with Gasteiger partial charge in [0, 0.05) is 29.4 Å². The fourth-order valence-corrected chi connectivity index (χ4v) is 9.99. The van der Waals surface area contributed by atoms with Gasteiger partial charge >= 0.3 is 0 Å². The Hall–Kier alpha value is -7.95. The van der Waals surface area contributed by atoms with E-state index in [1.54, 1.807) is 6.20 Å². The predicted octanol–water partition coefficient (Wildman–Crippen LogP) is 13.7. The fourth-order valence-electron chi connectivity index (χ4n) is 9.99. The Morgan fingerprint density at radius 1 is 0.387 bits per heavy atom. The number of hydrogen-bond acceptors (Lipinski definition) is 4. The van der Waals surface area contributed by atoms with Crippen molar-refractivity contribution in [2.45, 2.75) is 11.5 Å². The number of aromatic nitrogens is 3. The molecule has 1 aliphatic heterocycles. The van der Waals surface area contributed by atoms with E-state index in [0.29, 0.717) is 0 Å². The molecule has 4 nitrogen and oxygen atoms in total. The number of ether oxygens (including phenoxy) is 1. The number of fused-ring (bicyclic) bond motifs is 9. The normalized spacial score (nSPS) is 16.2. The number of allylic oxidation sites excluding steroid dienone is 2. The highest BCUT2D eigenvalue weighted by Crippen LogP contribution is 2.62. The third kappa shape index (κ3) is 5.87. The lowest BCUT2D eigenvalue weighted by Gasteiger charge is -2.47. The van der Waals surface area contributed by atoms with Gasteiger partial charge in [-0.15, -0.1) is 0 Å². The largest absolute Gasteiger partial charge is 0.485 e. The van der Waals surface area contributed by atoms with Crippen LogP contribution in [0.2, 0.25) is 0 Å². The first kappa shape index (κ1) is 35.9. The SMILES string of the molecule is C1=CC2Oc3cc(-c4ccc(-c5ccc(-c6ccc(-c7cc(-c8ccccc8)cc(-c8ccccn8)n7)nc6)cc5)cc4)ccc3C3(c4ccccc4-c4ccccc43)C2C=C1. The number of hydrogen-bond donors (Lipinski definition) is 0. The fraction of sp³-hybridized carbons (Fsp3) is 0.0517. The first-order valence-electron chi connectivity index (χ1n) is 21.2. The summed E-state index contributed by atoms with van der Waals surface area (Å²) in [6.45, 7) is 0. The molecular weight excluding hydrogens is 755 g/mol.